The first-order chi connectivity index (χ1) is 11.3. The number of aromatic nitrogens is 2. The van der Waals surface area contributed by atoms with Gasteiger partial charge in [-0.3, -0.25) is 4.57 Å². The van der Waals surface area contributed by atoms with E-state index in [1.807, 2.05) is 53.2 Å². The number of carbonyl (C=O) groups excluding carboxylic acids is 1. The van der Waals surface area contributed by atoms with Gasteiger partial charge in [-0.15, -0.1) is 0 Å². The summed E-state index contributed by atoms with van der Waals surface area (Å²) in [6, 6.07) is 17.5. The first kappa shape index (κ1) is 14.8. The summed E-state index contributed by atoms with van der Waals surface area (Å²) in [5.41, 5.74) is 2.43. The average molecular weight is 308 g/mol. The zero-order chi connectivity index (χ0) is 16.1. The molecular formula is C18H16N2O3. The van der Waals surface area contributed by atoms with Crippen molar-refractivity contribution in [1.29, 1.82) is 0 Å². The van der Waals surface area contributed by atoms with Crippen LogP contribution < -0.4 is 4.74 Å². The smallest absolute Gasteiger partial charge is 0.337 e. The molecule has 0 radical (unpaired) electrons. The predicted octanol–water partition coefficient (Wildman–Crippen LogP) is 3.24. The van der Waals surface area contributed by atoms with Gasteiger partial charge in [-0.05, 0) is 29.8 Å². The largest absolute Gasteiger partial charge is 0.465 e. The molecule has 5 heteroatoms. The lowest BCUT2D eigenvalue weighted by Gasteiger charge is -2.09. The number of carbonyl (C=O) groups is 1. The Hall–Kier alpha value is -3.08. The van der Waals surface area contributed by atoms with E-state index in [1.165, 1.54) is 7.11 Å². The first-order valence-corrected chi connectivity index (χ1v) is 7.17. The number of methoxy groups -OCH3 is 1. The third-order valence-electron chi connectivity index (χ3n) is 3.38. The molecule has 3 rings (SSSR count). The van der Waals surface area contributed by atoms with Gasteiger partial charge >= 0.3 is 12.0 Å². The fourth-order valence-electron chi connectivity index (χ4n) is 2.19. The van der Waals surface area contributed by atoms with Gasteiger partial charge in [0.05, 0.1) is 18.4 Å². The molecule has 2 aromatic carbocycles. The summed E-state index contributed by atoms with van der Waals surface area (Å²) in [7, 11) is 1.36. The molecule has 0 saturated heterocycles. The molecule has 5 nitrogen and oxygen atoms in total. The van der Waals surface area contributed by atoms with Crippen molar-refractivity contribution in [2.45, 2.75) is 6.61 Å². The van der Waals surface area contributed by atoms with Gasteiger partial charge < -0.3 is 9.47 Å². The maximum absolute atomic E-state index is 11.5. The normalized spacial score (nSPS) is 10.3. The number of esters is 1. The van der Waals surface area contributed by atoms with E-state index in [0.717, 1.165) is 11.3 Å². The number of hydrogen-bond acceptors (Lipinski definition) is 4. The molecule has 0 unspecified atom stereocenters. The quantitative estimate of drug-likeness (QED) is 0.679. The molecule has 0 aliphatic rings. The SMILES string of the molecule is COC(=O)c1ccc(-n2ccnc2OCc2ccccc2)cc1. The number of ether oxygens (including phenoxy) is 2. The standard InChI is InChI=1S/C18H16N2O3/c1-22-17(21)15-7-9-16(10-8-15)20-12-11-19-18(20)23-13-14-5-3-2-4-6-14/h2-12H,13H2,1H3. The third kappa shape index (κ3) is 3.40. The van der Waals surface area contributed by atoms with Gasteiger partial charge in [-0.2, -0.15) is 0 Å². The van der Waals surface area contributed by atoms with E-state index >= 15 is 0 Å². The number of nitrogens with zero attached hydrogens (tertiary/aromatic N) is 2. The van der Waals surface area contributed by atoms with Crippen molar-refractivity contribution in [3.63, 3.8) is 0 Å². The minimum absolute atomic E-state index is 0.359. The zero-order valence-electron chi connectivity index (χ0n) is 12.7. The fourth-order valence-corrected chi connectivity index (χ4v) is 2.19. The number of rotatable bonds is 5. The van der Waals surface area contributed by atoms with Gasteiger partial charge in [0.15, 0.2) is 0 Å². The highest BCUT2D eigenvalue weighted by Gasteiger charge is 2.09. The minimum Gasteiger partial charge on any atom is -0.465 e. The van der Waals surface area contributed by atoms with Crippen LogP contribution in [0.5, 0.6) is 6.01 Å². The Morgan fingerprint density at radius 2 is 1.83 bits per heavy atom. The second-order valence-corrected chi connectivity index (χ2v) is 4.89. The lowest BCUT2D eigenvalue weighted by Crippen LogP contribution is -2.04. The van der Waals surface area contributed by atoms with Crippen LogP contribution in [0, 0.1) is 0 Å². The zero-order valence-corrected chi connectivity index (χ0v) is 12.7. The monoisotopic (exact) mass is 308 g/mol. The molecule has 0 atom stereocenters. The lowest BCUT2D eigenvalue weighted by atomic mass is 10.2. The Morgan fingerprint density at radius 1 is 1.09 bits per heavy atom. The predicted molar refractivity (Wildman–Crippen MR) is 85.7 cm³/mol. The summed E-state index contributed by atoms with van der Waals surface area (Å²) in [6.07, 6.45) is 3.49. The Kier molecular flexibility index (Phi) is 4.38. The molecule has 0 N–H and O–H groups in total. The molecular weight excluding hydrogens is 292 g/mol. The van der Waals surface area contributed by atoms with Crippen LogP contribution in [0.1, 0.15) is 15.9 Å². The molecule has 1 aromatic heterocycles. The molecule has 0 fully saturated rings. The van der Waals surface area contributed by atoms with Crippen LogP contribution in [0.3, 0.4) is 0 Å². The van der Waals surface area contributed by atoms with Crippen LogP contribution in [0.25, 0.3) is 5.69 Å². The molecule has 0 saturated carbocycles. The third-order valence-corrected chi connectivity index (χ3v) is 3.38. The molecule has 116 valence electrons. The number of imidazole rings is 1. The van der Waals surface area contributed by atoms with Crippen molar-refractivity contribution in [2.75, 3.05) is 7.11 Å². The van der Waals surface area contributed by atoms with E-state index in [2.05, 4.69) is 4.98 Å². The van der Waals surface area contributed by atoms with Crippen LogP contribution in [-0.2, 0) is 11.3 Å². The Morgan fingerprint density at radius 3 is 2.52 bits per heavy atom. The van der Waals surface area contributed by atoms with E-state index in [4.69, 9.17) is 9.47 Å². The van der Waals surface area contributed by atoms with E-state index in [0.29, 0.717) is 18.2 Å². The minimum atomic E-state index is -0.359. The van der Waals surface area contributed by atoms with Crippen LogP contribution >= 0.6 is 0 Å². The van der Waals surface area contributed by atoms with Crippen LogP contribution in [0.15, 0.2) is 67.0 Å². The summed E-state index contributed by atoms with van der Waals surface area (Å²) >= 11 is 0. The van der Waals surface area contributed by atoms with Crippen molar-refractivity contribution in [2.24, 2.45) is 0 Å². The summed E-state index contributed by atoms with van der Waals surface area (Å²) < 4.78 is 12.3. The van der Waals surface area contributed by atoms with E-state index in [-0.39, 0.29) is 5.97 Å². The molecule has 1 heterocycles. The van der Waals surface area contributed by atoms with Crippen molar-refractivity contribution in [3.05, 3.63) is 78.1 Å². The molecule has 0 spiro atoms. The number of hydrogen-bond donors (Lipinski definition) is 0. The summed E-state index contributed by atoms with van der Waals surface area (Å²) in [6.45, 7) is 0.443. The van der Waals surface area contributed by atoms with Gasteiger partial charge in [-0.25, -0.2) is 9.78 Å². The van der Waals surface area contributed by atoms with Gasteiger partial charge in [0.2, 0.25) is 0 Å². The van der Waals surface area contributed by atoms with Crippen molar-refractivity contribution < 1.29 is 14.3 Å². The van der Waals surface area contributed by atoms with E-state index < -0.39 is 0 Å². The van der Waals surface area contributed by atoms with Crippen molar-refractivity contribution in [1.82, 2.24) is 9.55 Å². The molecule has 0 amide bonds. The van der Waals surface area contributed by atoms with Crippen molar-refractivity contribution in [3.8, 4) is 11.7 Å². The molecule has 0 aliphatic heterocycles. The Labute approximate surface area is 134 Å². The maximum Gasteiger partial charge on any atom is 0.337 e. The van der Waals surface area contributed by atoms with Crippen molar-refractivity contribution >= 4 is 5.97 Å². The van der Waals surface area contributed by atoms with Gasteiger partial charge in [0, 0.05) is 12.4 Å². The molecule has 3 aromatic rings. The fraction of sp³-hybridized carbons (Fsp3) is 0.111. The molecule has 0 aliphatic carbocycles. The summed E-state index contributed by atoms with van der Waals surface area (Å²) in [4.78, 5) is 15.7. The second kappa shape index (κ2) is 6.79. The highest BCUT2D eigenvalue weighted by molar-refractivity contribution is 5.89. The summed E-state index contributed by atoms with van der Waals surface area (Å²) in [5, 5.41) is 0. The highest BCUT2D eigenvalue weighted by atomic mass is 16.5. The highest BCUT2D eigenvalue weighted by Crippen LogP contribution is 2.18. The molecule has 0 bridgehead atoms. The first-order valence-electron chi connectivity index (χ1n) is 7.17. The van der Waals surface area contributed by atoms with Gasteiger partial charge in [-0.1, -0.05) is 30.3 Å². The summed E-state index contributed by atoms with van der Waals surface area (Å²) in [5.74, 6) is -0.359. The topological polar surface area (TPSA) is 53.4 Å². The van der Waals surface area contributed by atoms with Crippen LogP contribution in [-0.4, -0.2) is 22.6 Å². The number of benzene rings is 2. The Bertz CT molecular complexity index is 780. The van der Waals surface area contributed by atoms with E-state index in [1.54, 1.807) is 18.3 Å². The maximum atomic E-state index is 11.5. The van der Waals surface area contributed by atoms with Gasteiger partial charge in [0.1, 0.15) is 6.61 Å². The average Bonchev–Trinajstić information content (AvgIpc) is 3.09. The molecule has 23 heavy (non-hydrogen) atoms. The second-order valence-electron chi connectivity index (χ2n) is 4.89. The van der Waals surface area contributed by atoms with E-state index in [9.17, 15) is 4.79 Å². The Balaban J connectivity index is 1.76. The lowest BCUT2D eigenvalue weighted by molar-refractivity contribution is 0.0601. The van der Waals surface area contributed by atoms with Crippen LogP contribution in [0.4, 0.5) is 0 Å². The van der Waals surface area contributed by atoms with Crippen LogP contribution in [0.2, 0.25) is 0 Å². The van der Waals surface area contributed by atoms with Gasteiger partial charge in [0.25, 0.3) is 0 Å².